The second-order valence-corrected chi connectivity index (χ2v) is 9.48. The molecular weight excluding hydrogens is 631 g/mol. The van der Waals surface area contributed by atoms with E-state index in [-0.39, 0.29) is 25.7 Å². The van der Waals surface area contributed by atoms with Crippen LogP contribution in [-0.4, -0.2) is 50.2 Å². The van der Waals surface area contributed by atoms with Crippen molar-refractivity contribution in [3.8, 4) is 5.75 Å². The van der Waals surface area contributed by atoms with Crippen LogP contribution >= 0.6 is 0 Å². The van der Waals surface area contributed by atoms with Crippen LogP contribution in [0.4, 0.5) is 33.3 Å². The van der Waals surface area contributed by atoms with Crippen molar-refractivity contribution < 1.29 is 52.4 Å². The Morgan fingerprint density at radius 1 is 0.915 bits per heavy atom. The summed E-state index contributed by atoms with van der Waals surface area (Å²) >= 11 is 0. The third-order valence-electron chi connectivity index (χ3n) is 6.66. The van der Waals surface area contributed by atoms with Crippen molar-refractivity contribution in [1.82, 2.24) is 0 Å². The number of aliphatic hydroxyl groups is 1. The molecule has 4 aromatic rings. The Bertz CT molecular complexity index is 1800. The van der Waals surface area contributed by atoms with Crippen LogP contribution in [0.5, 0.6) is 5.75 Å². The first kappa shape index (κ1) is 33.0. The Kier molecular flexibility index (Phi) is 11.8. The maximum absolute atomic E-state index is 13.7. The highest BCUT2D eigenvalue weighted by atomic mass is 19.2. The largest absolute Gasteiger partial charge is 0.464 e. The summed E-state index contributed by atoms with van der Waals surface area (Å²) in [6, 6.07) is 17.5. The molecule has 4 aromatic carbocycles. The van der Waals surface area contributed by atoms with Crippen molar-refractivity contribution in [2.45, 2.75) is 19.7 Å². The number of benzene rings is 4. The first-order valence-corrected chi connectivity index (χ1v) is 13.8. The minimum Gasteiger partial charge on any atom is -0.464 e. The topological polar surface area (TPSA) is 119 Å². The van der Waals surface area contributed by atoms with E-state index in [0.717, 1.165) is 22.2 Å². The number of carbonyl (C=O) groups is 2. The fourth-order valence-electron chi connectivity index (χ4n) is 4.35. The molecule has 0 aromatic heterocycles. The first-order chi connectivity index (χ1) is 23.4. The molecule has 0 fully saturated rings. The summed E-state index contributed by atoms with van der Waals surface area (Å²) in [7, 11) is 1.29. The van der Waals surface area contributed by atoms with Crippen LogP contribution in [-0.2, 0) is 14.3 Å². The highest BCUT2D eigenvalue weighted by molar-refractivity contribution is 5.98. The van der Waals surface area contributed by atoms with Crippen molar-refractivity contribution in [2.24, 2.45) is 0 Å². The number of ether oxygens (including phenoxy) is 2. The van der Waals surface area contributed by atoms with E-state index < -0.39 is 64.5 Å². The predicted molar refractivity (Wildman–Crippen MR) is 164 cm³/mol. The maximum Gasteiger partial charge on any atom is 0.311 e. The van der Waals surface area contributed by atoms with Crippen LogP contribution in [0, 0.1) is 39.2 Å². The van der Waals surface area contributed by atoms with E-state index in [4.69, 9.17) is 7.54 Å². The molecule has 248 valence electrons. The monoisotopic (exact) mass is 663 g/mol. The molecule has 0 spiro atoms. The number of nitro groups is 1. The molecule has 0 aliphatic rings. The lowest BCUT2D eigenvalue weighted by Crippen LogP contribution is -2.28. The average molecular weight is 664 g/mol. The van der Waals surface area contributed by atoms with Gasteiger partial charge in [-0.2, -0.15) is 8.78 Å². The van der Waals surface area contributed by atoms with Gasteiger partial charge in [-0.25, -0.2) is 13.2 Å². The Balaban J connectivity index is 0.00000209. The lowest BCUT2D eigenvalue weighted by atomic mass is 10.0. The highest BCUT2D eigenvalue weighted by Gasteiger charge is 2.28. The van der Waals surface area contributed by atoms with Crippen LogP contribution in [0.25, 0.3) is 22.9 Å². The Morgan fingerprint density at radius 2 is 1.51 bits per heavy atom. The SMILES string of the molecule is [2H]CCN(CCOC(=O)CCC(=O)Oc1c(F)c(F)c(F)c(F)c1F)c1ccc(/C=C/c2ccc([N+](=O)[O-])c3ccccc23)cc1.[3H]OC. The van der Waals surface area contributed by atoms with Gasteiger partial charge in [0.1, 0.15) is 6.61 Å². The number of aliphatic hydroxyl groups excluding tert-OH is 1. The Hall–Kier alpha value is -5.37. The minimum absolute atomic E-state index is 0.0191. The van der Waals surface area contributed by atoms with E-state index in [1.165, 1.54) is 13.2 Å². The zero-order valence-corrected chi connectivity index (χ0v) is 24.8. The second kappa shape index (κ2) is 16.8. The zero-order valence-electron chi connectivity index (χ0n) is 26.8. The van der Waals surface area contributed by atoms with Gasteiger partial charge in [0.25, 0.3) is 5.69 Å². The van der Waals surface area contributed by atoms with Crippen LogP contribution in [0.15, 0.2) is 60.7 Å². The summed E-state index contributed by atoms with van der Waals surface area (Å²) in [5.74, 6) is -15.6. The van der Waals surface area contributed by atoms with Crippen molar-refractivity contribution in [2.75, 3.05) is 31.7 Å². The average Bonchev–Trinajstić information content (AvgIpc) is 3.10. The summed E-state index contributed by atoms with van der Waals surface area (Å²) in [4.78, 5) is 36.7. The lowest BCUT2D eigenvalue weighted by Gasteiger charge is -2.23. The molecule has 0 aliphatic carbocycles. The molecule has 0 aliphatic heterocycles. The fourth-order valence-corrected chi connectivity index (χ4v) is 4.35. The number of fused-ring (bicyclic) bond motifs is 1. The minimum atomic E-state index is -2.40. The number of esters is 2. The number of non-ortho nitro benzene ring substituents is 1. The van der Waals surface area contributed by atoms with Gasteiger partial charge in [0.2, 0.25) is 36.3 Å². The number of likely N-dealkylation sites (N-methyl/N-ethyl adjacent to an activating group) is 1. The summed E-state index contributed by atoms with van der Waals surface area (Å²) in [6.45, 7) is 0.381. The first-order valence-electron chi connectivity index (χ1n) is 14.9. The summed E-state index contributed by atoms with van der Waals surface area (Å²) in [5, 5.41) is 16.1. The number of nitro benzene ring substituents is 1. The van der Waals surface area contributed by atoms with Gasteiger partial charge in [0.15, 0.2) is 0 Å². The van der Waals surface area contributed by atoms with Crippen LogP contribution in [0.3, 0.4) is 0 Å². The quantitative estimate of drug-likeness (QED) is 0.0252. The van der Waals surface area contributed by atoms with E-state index in [0.29, 0.717) is 11.9 Å². The number of rotatable bonds is 12. The van der Waals surface area contributed by atoms with Crippen LogP contribution in [0.1, 0.15) is 32.2 Å². The maximum atomic E-state index is 13.7. The van der Waals surface area contributed by atoms with Gasteiger partial charge in [-0.3, -0.25) is 19.7 Å². The Morgan fingerprint density at radius 3 is 2.13 bits per heavy atom. The summed E-state index contributed by atoms with van der Waals surface area (Å²) in [5.41, 5.74) is 2.38. The van der Waals surface area contributed by atoms with E-state index in [1.807, 2.05) is 30.4 Å². The molecule has 0 atom stereocenters. The number of halogens is 5. The van der Waals surface area contributed by atoms with Gasteiger partial charge in [0, 0.05) is 26.8 Å². The van der Waals surface area contributed by atoms with E-state index in [1.54, 1.807) is 41.3 Å². The molecule has 14 heteroatoms. The van der Waals surface area contributed by atoms with Crippen LogP contribution in [0.2, 0.25) is 0 Å². The third-order valence-corrected chi connectivity index (χ3v) is 6.66. The molecule has 47 heavy (non-hydrogen) atoms. The number of hydrogen-bond donors (Lipinski definition) is 1. The molecule has 1 N–H and O–H groups in total. The van der Waals surface area contributed by atoms with E-state index in [9.17, 15) is 41.7 Å². The molecule has 0 unspecified atom stereocenters. The number of hydrogen-bond acceptors (Lipinski definition) is 8. The standard InChI is InChI=1S/C32H25F5N2O6.CH4O/c1-2-38(17-18-44-25(40)15-16-26(41)45-32-30(36)28(34)27(33)29(35)31(32)37)21-12-8-19(9-13-21)7-10-20-11-14-24(39(42)43)23-6-4-3-5-22(20)23;1-2/h3-14H,2,15-18H2,1H3;2H,1H3/b10-7+;/i1D;2T. The zero-order chi connectivity index (χ0) is 36.1. The lowest BCUT2D eigenvalue weighted by molar-refractivity contribution is -0.383. The Labute approximate surface area is 268 Å². The van der Waals surface area contributed by atoms with Gasteiger partial charge in [-0.1, -0.05) is 42.5 Å². The smallest absolute Gasteiger partial charge is 0.311 e. The molecule has 0 saturated carbocycles. The molecule has 0 saturated heterocycles. The normalized spacial score (nSPS) is 11.4. The molecule has 4 rings (SSSR count). The van der Waals surface area contributed by atoms with Gasteiger partial charge in [0.05, 0.1) is 29.7 Å². The van der Waals surface area contributed by atoms with E-state index in [2.05, 4.69) is 9.85 Å². The van der Waals surface area contributed by atoms with Gasteiger partial charge in [-0.15, -0.1) is 0 Å². The third kappa shape index (κ3) is 8.88. The second-order valence-electron chi connectivity index (χ2n) is 9.48. The van der Waals surface area contributed by atoms with Crippen molar-refractivity contribution in [3.63, 3.8) is 0 Å². The molecule has 0 bridgehead atoms. The van der Waals surface area contributed by atoms with Gasteiger partial charge in [-0.05, 0) is 47.7 Å². The van der Waals surface area contributed by atoms with Crippen LogP contribution < -0.4 is 9.64 Å². The molecule has 0 radical (unpaired) electrons. The van der Waals surface area contributed by atoms with Crippen molar-refractivity contribution in [3.05, 3.63) is 111 Å². The predicted octanol–water partition coefficient (Wildman–Crippen LogP) is 6.98. The highest BCUT2D eigenvalue weighted by Crippen LogP contribution is 2.31. The summed E-state index contributed by atoms with van der Waals surface area (Å²) in [6.07, 6.45) is 2.36. The molecular formula is C33H29F5N2O7. The number of carbonyl (C=O) groups excluding carboxylic acids is 2. The number of nitrogens with zero attached hydrogens (tertiary/aromatic N) is 2. The van der Waals surface area contributed by atoms with Crippen molar-refractivity contribution in [1.29, 1.82) is 1.43 Å². The molecule has 0 amide bonds. The molecule has 0 heterocycles. The summed E-state index contributed by atoms with van der Waals surface area (Å²) < 4.78 is 89.8. The van der Waals surface area contributed by atoms with Gasteiger partial charge < -0.3 is 19.5 Å². The van der Waals surface area contributed by atoms with E-state index >= 15 is 0 Å². The molecule has 9 nitrogen and oxygen atoms in total. The van der Waals surface area contributed by atoms with Crippen molar-refractivity contribution >= 4 is 46.2 Å². The fraction of sp³-hybridized carbons (Fsp3) is 0.212. The van der Waals surface area contributed by atoms with Gasteiger partial charge >= 0.3 is 11.9 Å². The number of anilines is 1.